The fraction of sp³-hybridized carbons (Fsp3) is 0.200. The van der Waals surface area contributed by atoms with Crippen molar-refractivity contribution in [3.05, 3.63) is 59.2 Å². The van der Waals surface area contributed by atoms with E-state index in [2.05, 4.69) is 5.32 Å². The van der Waals surface area contributed by atoms with E-state index in [1.54, 1.807) is 38.4 Å². The number of hydrogen-bond acceptors (Lipinski definition) is 5. The molecule has 144 valence electrons. The first-order valence-corrected chi connectivity index (χ1v) is 8.48. The van der Waals surface area contributed by atoms with Crippen molar-refractivity contribution < 1.29 is 23.9 Å². The monoisotopic (exact) mass is 381 g/mol. The number of amides is 4. The third-order valence-electron chi connectivity index (χ3n) is 4.33. The zero-order chi connectivity index (χ0) is 20.4. The smallest absolute Gasteiger partial charge is 0.261 e. The van der Waals surface area contributed by atoms with E-state index in [-0.39, 0.29) is 35.1 Å². The molecular weight excluding hydrogens is 362 g/mol. The Labute approximate surface area is 161 Å². The molecule has 2 aromatic rings. The summed E-state index contributed by atoms with van der Waals surface area (Å²) in [6.07, 6.45) is 0. The molecule has 0 aromatic heterocycles. The molecule has 28 heavy (non-hydrogen) atoms. The van der Waals surface area contributed by atoms with Gasteiger partial charge in [0.15, 0.2) is 6.61 Å². The molecular formula is C20H19N3O5. The van der Waals surface area contributed by atoms with Crippen molar-refractivity contribution in [1.29, 1.82) is 0 Å². The molecule has 8 nitrogen and oxygen atoms in total. The second-order valence-corrected chi connectivity index (χ2v) is 6.49. The molecule has 0 spiro atoms. The zero-order valence-electron chi connectivity index (χ0n) is 15.7. The average molecular weight is 381 g/mol. The Morgan fingerprint density at radius 3 is 2.29 bits per heavy atom. The molecule has 0 radical (unpaired) electrons. The molecule has 8 heteroatoms. The van der Waals surface area contributed by atoms with Crippen LogP contribution in [0.25, 0.3) is 0 Å². The molecule has 4 amide bonds. The Morgan fingerprint density at radius 1 is 1.00 bits per heavy atom. The maximum atomic E-state index is 12.5. The maximum absolute atomic E-state index is 12.5. The van der Waals surface area contributed by atoms with Gasteiger partial charge in [0.05, 0.1) is 11.1 Å². The van der Waals surface area contributed by atoms with Gasteiger partial charge in [-0.2, -0.15) is 0 Å². The minimum Gasteiger partial charge on any atom is -0.484 e. The van der Waals surface area contributed by atoms with Crippen LogP contribution >= 0.6 is 0 Å². The van der Waals surface area contributed by atoms with Crippen LogP contribution in [0.5, 0.6) is 5.75 Å². The number of carbonyl (C=O) groups is 4. The summed E-state index contributed by atoms with van der Waals surface area (Å²) in [5, 5.41) is 2.72. The highest BCUT2D eigenvalue weighted by Crippen LogP contribution is 2.23. The lowest BCUT2D eigenvalue weighted by molar-refractivity contribution is -0.130. The normalized spacial score (nSPS) is 12.6. The van der Waals surface area contributed by atoms with Gasteiger partial charge in [0, 0.05) is 32.4 Å². The number of imide groups is 1. The number of ether oxygens (including phenoxy) is 1. The number of likely N-dealkylation sites (N-methyl/N-ethyl adjacent to an activating group) is 1. The highest BCUT2D eigenvalue weighted by atomic mass is 16.5. The van der Waals surface area contributed by atoms with Crippen molar-refractivity contribution >= 4 is 29.3 Å². The molecule has 0 unspecified atom stereocenters. The molecule has 0 saturated heterocycles. The number of nitrogens with zero attached hydrogens (tertiary/aromatic N) is 2. The van der Waals surface area contributed by atoms with Gasteiger partial charge in [0.1, 0.15) is 5.75 Å². The van der Waals surface area contributed by atoms with Gasteiger partial charge in [-0.3, -0.25) is 24.1 Å². The molecule has 1 heterocycles. The molecule has 0 atom stereocenters. The van der Waals surface area contributed by atoms with Crippen LogP contribution in [0, 0.1) is 0 Å². The van der Waals surface area contributed by atoms with Crippen LogP contribution in [0.1, 0.15) is 31.1 Å². The Bertz CT molecular complexity index is 966. The molecule has 0 aliphatic carbocycles. The summed E-state index contributed by atoms with van der Waals surface area (Å²) < 4.78 is 5.38. The van der Waals surface area contributed by atoms with Crippen LogP contribution in [-0.4, -0.2) is 61.2 Å². The van der Waals surface area contributed by atoms with Crippen molar-refractivity contribution in [2.75, 3.05) is 33.1 Å². The van der Waals surface area contributed by atoms with Gasteiger partial charge >= 0.3 is 0 Å². The minimum atomic E-state index is -0.427. The SMILES string of the molecule is CN(C)C(=O)COc1ccc(NC(=O)c2ccc3c(c2)C(=O)N(C)C3=O)cc1. The number of rotatable bonds is 5. The van der Waals surface area contributed by atoms with E-state index in [4.69, 9.17) is 4.74 Å². The quantitative estimate of drug-likeness (QED) is 0.794. The number of carbonyl (C=O) groups excluding carboxylic acids is 4. The fourth-order valence-corrected chi connectivity index (χ4v) is 2.61. The third kappa shape index (κ3) is 3.71. The van der Waals surface area contributed by atoms with E-state index < -0.39 is 11.8 Å². The standard InChI is InChI=1S/C20H19N3O5/c1-22(2)17(24)11-28-14-7-5-13(6-8-14)21-18(25)12-4-9-15-16(10-12)20(27)23(3)19(15)26/h4-10H,11H2,1-3H3,(H,21,25). The number of hydrogen-bond donors (Lipinski definition) is 1. The Hall–Kier alpha value is -3.68. The molecule has 2 aromatic carbocycles. The van der Waals surface area contributed by atoms with Gasteiger partial charge in [0.2, 0.25) is 0 Å². The Kier molecular flexibility index (Phi) is 5.12. The van der Waals surface area contributed by atoms with Crippen molar-refractivity contribution in [3.8, 4) is 5.75 Å². The predicted molar refractivity (Wildman–Crippen MR) is 101 cm³/mol. The lowest BCUT2D eigenvalue weighted by Gasteiger charge is -2.12. The summed E-state index contributed by atoms with van der Waals surface area (Å²) in [7, 11) is 4.69. The second-order valence-electron chi connectivity index (χ2n) is 6.49. The van der Waals surface area contributed by atoms with Crippen LogP contribution in [0.3, 0.4) is 0 Å². The van der Waals surface area contributed by atoms with Gasteiger partial charge < -0.3 is 15.0 Å². The van der Waals surface area contributed by atoms with Crippen LogP contribution < -0.4 is 10.1 Å². The summed E-state index contributed by atoms with van der Waals surface area (Å²) in [5.74, 6) is -0.877. The summed E-state index contributed by atoms with van der Waals surface area (Å²) in [6.45, 7) is -0.0744. The van der Waals surface area contributed by atoms with Gasteiger partial charge in [0.25, 0.3) is 23.6 Å². The average Bonchev–Trinajstić information content (AvgIpc) is 2.90. The highest BCUT2D eigenvalue weighted by molar-refractivity contribution is 6.22. The zero-order valence-corrected chi connectivity index (χ0v) is 15.7. The maximum Gasteiger partial charge on any atom is 0.261 e. The second kappa shape index (κ2) is 7.51. The van der Waals surface area contributed by atoms with Gasteiger partial charge in [-0.25, -0.2) is 0 Å². The first-order chi connectivity index (χ1) is 13.3. The van der Waals surface area contributed by atoms with Gasteiger partial charge in [-0.15, -0.1) is 0 Å². The molecule has 0 saturated carbocycles. The van der Waals surface area contributed by atoms with E-state index in [1.807, 2.05) is 0 Å². The summed E-state index contributed by atoms with van der Waals surface area (Å²) in [5.41, 5.74) is 1.30. The molecule has 1 N–H and O–H groups in total. The highest BCUT2D eigenvalue weighted by Gasteiger charge is 2.33. The Morgan fingerprint density at radius 2 is 1.64 bits per heavy atom. The lowest BCUT2D eigenvalue weighted by Crippen LogP contribution is -2.27. The molecule has 0 fully saturated rings. The van der Waals surface area contributed by atoms with Crippen molar-refractivity contribution in [2.24, 2.45) is 0 Å². The molecule has 1 aliphatic rings. The number of benzene rings is 2. The predicted octanol–water partition coefficient (Wildman–Crippen LogP) is 1.63. The number of fused-ring (bicyclic) bond motifs is 1. The van der Waals surface area contributed by atoms with Crippen LogP contribution in [-0.2, 0) is 4.79 Å². The number of anilines is 1. The van der Waals surface area contributed by atoms with E-state index in [1.165, 1.54) is 30.1 Å². The van der Waals surface area contributed by atoms with Crippen LogP contribution in [0.4, 0.5) is 5.69 Å². The Balaban J connectivity index is 1.66. The van der Waals surface area contributed by atoms with Gasteiger partial charge in [-0.05, 0) is 42.5 Å². The molecule has 0 bridgehead atoms. The minimum absolute atomic E-state index is 0.0744. The molecule has 3 rings (SSSR count). The van der Waals surface area contributed by atoms with Crippen molar-refractivity contribution in [3.63, 3.8) is 0 Å². The largest absolute Gasteiger partial charge is 0.484 e. The summed E-state index contributed by atoms with van der Waals surface area (Å²) in [4.78, 5) is 50.4. The van der Waals surface area contributed by atoms with E-state index in [9.17, 15) is 19.2 Å². The van der Waals surface area contributed by atoms with E-state index in [0.717, 1.165) is 4.90 Å². The number of nitrogens with one attached hydrogen (secondary N) is 1. The fourth-order valence-electron chi connectivity index (χ4n) is 2.61. The molecule has 1 aliphatic heterocycles. The summed E-state index contributed by atoms with van der Waals surface area (Å²) >= 11 is 0. The van der Waals surface area contributed by atoms with Gasteiger partial charge in [-0.1, -0.05) is 0 Å². The lowest BCUT2D eigenvalue weighted by atomic mass is 10.1. The van der Waals surface area contributed by atoms with E-state index in [0.29, 0.717) is 11.4 Å². The van der Waals surface area contributed by atoms with Crippen LogP contribution in [0.15, 0.2) is 42.5 Å². The van der Waals surface area contributed by atoms with Crippen molar-refractivity contribution in [1.82, 2.24) is 9.80 Å². The third-order valence-corrected chi connectivity index (χ3v) is 4.33. The first kappa shape index (κ1) is 19.1. The topological polar surface area (TPSA) is 96.0 Å². The van der Waals surface area contributed by atoms with Crippen LogP contribution in [0.2, 0.25) is 0 Å². The first-order valence-electron chi connectivity index (χ1n) is 8.48. The van der Waals surface area contributed by atoms with Crippen molar-refractivity contribution in [2.45, 2.75) is 0 Å². The summed E-state index contributed by atoms with van der Waals surface area (Å²) in [6, 6.07) is 11.0. The van der Waals surface area contributed by atoms with E-state index >= 15 is 0 Å².